The van der Waals surface area contributed by atoms with Crippen LogP contribution in [0.3, 0.4) is 0 Å². The van der Waals surface area contributed by atoms with E-state index in [9.17, 15) is 14.4 Å². The summed E-state index contributed by atoms with van der Waals surface area (Å²) < 4.78 is 1.79. The quantitative estimate of drug-likeness (QED) is 0.365. The Balaban J connectivity index is 1.49. The number of carbonyl (C=O) groups is 2. The number of anilines is 1. The third kappa shape index (κ3) is 5.59. The molecule has 0 bridgehead atoms. The number of nitrogens with one attached hydrogen (secondary N) is 1. The van der Waals surface area contributed by atoms with Crippen LogP contribution in [0, 0.1) is 0 Å². The molecule has 1 aliphatic rings. The van der Waals surface area contributed by atoms with Crippen molar-refractivity contribution >= 4 is 40.2 Å². The minimum atomic E-state index is -0.503. The molecule has 0 radical (unpaired) electrons. The lowest BCUT2D eigenvalue weighted by Crippen LogP contribution is -2.39. The fourth-order valence-electron chi connectivity index (χ4n) is 4.65. The highest BCUT2D eigenvalue weighted by Gasteiger charge is 2.27. The third-order valence-electron chi connectivity index (χ3n) is 6.52. The molecule has 1 heterocycles. The molecule has 0 spiro atoms. The number of thioether (sulfide) groups is 1. The van der Waals surface area contributed by atoms with Gasteiger partial charge in [-0.25, -0.2) is 4.98 Å². The van der Waals surface area contributed by atoms with Crippen LogP contribution in [0.4, 0.5) is 5.69 Å². The van der Waals surface area contributed by atoms with Gasteiger partial charge in [0.25, 0.3) is 5.56 Å². The molecule has 4 rings (SSSR count). The summed E-state index contributed by atoms with van der Waals surface area (Å²) in [6, 6.07) is 15.1. The number of amides is 2. The third-order valence-corrected chi connectivity index (χ3v) is 7.58. The van der Waals surface area contributed by atoms with Gasteiger partial charge < -0.3 is 10.2 Å². The van der Waals surface area contributed by atoms with Crippen LogP contribution in [-0.4, -0.2) is 45.1 Å². The second kappa shape index (κ2) is 11.1. The number of para-hydroxylation sites is 2. The number of hydrogen-bond donors (Lipinski definition) is 1. The van der Waals surface area contributed by atoms with E-state index in [2.05, 4.69) is 5.32 Å². The van der Waals surface area contributed by atoms with Crippen LogP contribution in [-0.2, 0) is 16.0 Å². The summed E-state index contributed by atoms with van der Waals surface area (Å²) in [6.45, 7) is 3.78. The molecule has 2 aromatic carbocycles. The first kappa shape index (κ1) is 25.0. The standard InChI is InChI=1S/C27H32N4O3S/c1-4-19-11-5-9-15-22(19)28-24(32)17-30(3)25(33)18(2)35-27-29-23-16-10-8-14-21(23)26(34)31(27)20-12-6-7-13-20/h5,8-11,14-16,18,20H,4,6-7,12-13,17H2,1-3H3,(H,28,32)/t18-/m0/s1. The Labute approximate surface area is 209 Å². The van der Waals surface area contributed by atoms with Crippen molar-refractivity contribution in [2.75, 3.05) is 18.9 Å². The predicted molar refractivity (Wildman–Crippen MR) is 141 cm³/mol. The predicted octanol–water partition coefficient (Wildman–Crippen LogP) is 4.65. The Bertz CT molecular complexity index is 1280. The molecule has 35 heavy (non-hydrogen) atoms. The van der Waals surface area contributed by atoms with Gasteiger partial charge >= 0.3 is 0 Å². The molecule has 0 saturated heterocycles. The van der Waals surface area contributed by atoms with Crippen molar-refractivity contribution in [2.45, 2.75) is 62.4 Å². The Kier molecular flexibility index (Phi) is 7.90. The van der Waals surface area contributed by atoms with E-state index in [1.165, 1.54) is 16.7 Å². The highest BCUT2D eigenvalue weighted by atomic mass is 32.2. The van der Waals surface area contributed by atoms with Crippen molar-refractivity contribution in [3.63, 3.8) is 0 Å². The number of nitrogens with zero attached hydrogens (tertiary/aromatic N) is 3. The zero-order valence-electron chi connectivity index (χ0n) is 20.5. The number of likely N-dealkylation sites (N-methyl/N-ethyl adjacent to an activating group) is 1. The largest absolute Gasteiger partial charge is 0.335 e. The molecule has 1 atom stereocenters. The summed E-state index contributed by atoms with van der Waals surface area (Å²) in [4.78, 5) is 45.3. The van der Waals surface area contributed by atoms with Crippen molar-refractivity contribution in [2.24, 2.45) is 0 Å². The van der Waals surface area contributed by atoms with Gasteiger partial charge in [-0.05, 0) is 49.9 Å². The molecule has 3 aromatic rings. The van der Waals surface area contributed by atoms with Crippen LogP contribution in [0.1, 0.15) is 51.1 Å². The Morgan fingerprint density at radius 1 is 1.14 bits per heavy atom. The topological polar surface area (TPSA) is 84.3 Å². The van der Waals surface area contributed by atoms with Gasteiger partial charge in [0.2, 0.25) is 11.8 Å². The van der Waals surface area contributed by atoms with Crippen molar-refractivity contribution in [3.05, 3.63) is 64.4 Å². The molecule has 0 aliphatic heterocycles. The van der Waals surface area contributed by atoms with Crippen molar-refractivity contribution < 1.29 is 9.59 Å². The smallest absolute Gasteiger partial charge is 0.262 e. The van der Waals surface area contributed by atoms with E-state index in [0.29, 0.717) is 16.1 Å². The van der Waals surface area contributed by atoms with Gasteiger partial charge in [0.15, 0.2) is 5.16 Å². The molecule has 8 heteroatoms. The number of hydrogen-bond acceptors (Lipinski definition) is 5. The van der Waals surface area contributed by atoms with Crippen LogP contribution < -0.4 is 10.9 Å². The average molecular weight is 493 g/mol. The van der Waals surface area contributed by atoms with Crippen molar-refractivity contribution in [1.82, 2.24) is 14.5 Å². The lowest BCUT2D eigenvalue weighted by molar-refractivity contribution is -0.132. The minimum absolute atomic E-state index is 0.0491. The van der Waals surface area contributed by atoms with Crippen LogP contribution in [0.15, 0.2) is 58.5 Å². The van der Waals surface area contributed by atoms with E-state index in [-0.39, 0.29) is 30.0 Å². The van der Waals surface area contributed by atoms with E-state index >= 15 is 0 Å². The van der Waals surface area contributed by atoms with Crippen LogP contribution in [0.5, 0.6) is 0 Å². The first-order valence-corrected chi connectivity index (χ1v) is 13.1. The van der Waals surface area contributed by atoms with Crippen LogP contribution in [0.25, 0.3) is 10.9 Å². The monoisotopic (exact) mass is 492 g/mol. The summed E-state index contributed by atoms with van der Waals surface area (Å²) >= 11 is 1.29. The summed E-state index contributed by atoms with van der Waals surface area (Å²) in [5.41, 5.74) is 2.40. The fraction of sp³-hybridized carbons (Fsp3) is 0.407. The molecule has 0 unspecified atom stereocenters. The average Bonchev–Trinajstić information content (AvgIpc) is 3.38. The van der Waals surface area contributed by atoms with Crippen molar-refractivity contribution in [1.29, 1.82) is 0 Å². The zero-order chi connectivity index (χ0) is 24.9. The second-order valence-corrected chi connectivity index (χ2v) is 10.3. The molecule has 7 nitrogen and oxygen atoms in total. The van der Waals surface area contributed by atoms with E-state index in [1.807, 2.05) is 55.5 Å². The molecule has 1 aliphatic carbocycles. The summed E-state index contributed by atoms with van der Waals surface area (Å²) in [7, 11) is 1.63. The maximum absolute atomic E-state index is 13.4. The molecule has 1 saturated carbocycles. The molecule has 1 N–H and O–H groups in total. The molecular weight excluding hydrogens is 460 g/mol. The zero-order valence-corrected chi connectivity index (χ0v) is 21.3. The Morgan fingerprint density at radius 3 is 2.57 bits per heavy atom. The molecule has 1 fully saturated rings. The molecule has 2 amide bonds. The number of carbonyl (C=O) groups excluding carboxylic acids is 2. The first-order valence-electron chi connectivity index (χ1n) is 12.2. The lowest BCUT2D eigenvalue weighted by atomic mass is 10.1. The van der Waals surface area contributed by atoms with Gasteiger partial charge in [-0.3, -0.25) is 19.0 Å². The van der Waals surface area contributed by atoms with Gasteiger partial charge in [-0.2, -0.15) is 0 Å². The molecule has 1 aromatic heterocycles. The molecular formula is C27H32N4O3S. The van der Waals surface area contributed by atoms with Crippen molar-refractivity contribution in [3.8, 4) is 0 Å². The highest BCUT2D eigenvalue weighted by molar-refractivity contribution is 8.00. The molecule has 184 valence electrons. The summed E-state index contributed by atoms with van der Waals surface area (Å²) in [5, 5.41) is 3.58. The van der Waals surface area contributed by atoms with Gasteiger partial charge in [-0.1, -0.05) is 61.9 Å². The normalized spacial score (nSPS) is 14.7. The Hall–Kier alpha value is -3.13. The van der Waals surface area contributed by atoms with E-state index in [1.54, 1.807) is 18.5 Å². The van der Waals surface area contributed by atoms with E-state index < -0.39 is 5.25 Å². The van der Waals surface area contributed by atoms with E-state index in [4.69, 9.17) is 4.98 Å². The van der Waals surface area contributed by atoms with Crippen LogP contribution >= 0.6 is 11.8 Å². The van der Waals surface area contributed by atoms with E-state index in [0.717, 1.165) is 43.4 Å². The highest BCUT2D eigenvalue weighted by Crippen LogP contribution is 2.33. The number of benzene rings is 2. The maximum atomic E-state index is 13.4. The summed E-state index contributed by atoms with van der Waals surface area (Å²) in [6.07, 6.45) is 4.85. The SMILES string of the molecule is CCc1ccccc1NC(=O)CN(C)C(=O)[C@H](C)Sc1nc2ccccc2c(=O)n1C1CCCC1. The first-order chi connectivity index (χ1) is 16.9. The maximum Gasteiger partial charge on any atom is 0.262 e. The fourth-order valence-corrected chi connectivity index (χ4v) is 5.74. The number of fused-ring (bicyclic) bond motifs is 1. The number of aryl methyl sites for hydroxylation is 1. The summed E-state index contributed by atoms with van der Waals surface area (Å²) in [5.74, 6) is -0.431. The lowest BCUT2D eigenvalue weighted by Gasteiger charge is -2.23. The van der Waals surface area contributed by atoms with Gasteiger partial charge in [-0.15, -0.1) is 0 Å². The van der Waals surface area contributed by atoms with Crippen LogP contribution in [0.2, 0.25) is 0 Å². The van der Waals surface area contributed by atoms with Gasteiger partial charge in [0.05, 0.1) is 22.7 Å². The Morgan fingerprint density at radius 2 is 1.83 bits per heavy atom. The number of rotatable bonds is 8. The van der Waals surface area contributed by atoms with Gasteiger partial charge in [0.1, 0.15) is 0 Å². The van der Waals surface area contributed by atoms with Gasteiger partial charge in [0, 0.05) is 18.8 Å². The number of aromatic nitrogens is 2. The second-order valence-electron chi connectivity index (χ2n) is 9.04. The minimum Gasteiger partial charge on any atom is -0.335 e.